The maximum Gasteiger partial charge on any atom is 0.205 e. The van der Waals surface area contributed by atoms with Crippen molar-refractivity contribution in [2.24, 2.45) is 21.7 Å². The first-order valence-corrected chi connectivity index (χ1v) is 6.14. The van der Waals surface area contributed by atoms with Gasteiger partial charge in [-0.3, -0.25) is 10.4 Å². The SMILES string of the molecule is COCCCN=C(NN)NC1C(C)(C)C1(C)C. The van der Waals surface area contributed by atoms with Crippen LogP contribution in [-0.4, -0.2) is 32.3 Å². The van der Waals surface area contributed by atoms with Gasteiger partial charge in [-0.05, 0) is 17.3 Å². The summed E-state index contributed by atoms with van der Waals surface area (Å²) >= 11 is 0. The van der Waals surface area contributed by atoms with E-state index < -0.39 is 0 Å². The smallest absolute Gasteiger partial charge is 0.205 e. The lowest BCUT2D eigenvalue weighted by Gasteiger charge is -2.10. The van der Waals surface area contributed by atoms with Gasteiger partial charge in [0.25, 0.3) is 0 Å². The van der Waals surface area contributed by atoms with Crippen molar-refractivity contribution in [2.75, 3.05) is 20.3 Å². The predicted molar refractivity (Wildman–Crippen MR) is 70.6 cm³/mol. The number of aliphatic imine (C=N–C) groups is 1. The van der Waals surface area contributed by atoms with Gasteiger partial charge in [-0.25, -0.2) is 5.84 Å². The zero-order chi connectivity index (χ0) is 13.1. The summed E-state index contributed by atoms with van der Waals surface area (Å²) in [4.78, 5) is 4.38. The Labute approximate surface area is 104 Å². The summed E-state index contributed by atoms with van der Waals surface area (Å²) in [5, 5.41) is 3.37. The molecule has 0 radical (unpaired) electrons. The molecule has 17 heavy (non-hydrogen) atoms. The molecule has 0 aromatic rings. The van der Waals surface area contributed by atoms with Crippen LogP contribution in [0.25, 0.3) is 0 Å². The molecular weight excluding hydrogens is 216 g/mol. The van der Waals surface area contributed by atoms with E-state index in [0.29, 0.717) is 18.5 Å². The Morgan fingerprint density at radius 3 is 2.29 bits per heavy atom. The Morgan fingerprint density at radius 1 is 1.29 bits per heavy atom. The molecule has 0 heterocycles. The fourth-order valence-electron chi connectivity index (χ4n) is 2.23. The number of hydrazine groups is 1. The number of hydrogen-bond acceptors (Lipinski definition) is 3. The lowest BCUT2D eigenvalue weighted by molar-refractivity contribution is 0.197. The van der Waals surface area contributed by atoms with Crippen LogP contribution in [0, 0.1) is 10.8 Å². The van der Waals surface area contributed by atoms with Gasteiger partial charge in [0.1, 0.15) is 0 Å². The molecule has 1 fully saturated rings. The first-order valence-electron chi connectivity index (χ1n) is 6.14. The van der Waals surface area contributed by atoms with Gasteiger partial charge >= 0.3 is 0 Å². The van der Waals surface area contributed by atoms with Crippen LogP contribution in [0.3, 0.4) is 0 Å². The average Bonchev–Trinajstić information content (AvgIpc) is 2.64. The van der Waals surface area contributed by atoms with E-state index in [2.05, 4.69) is 43.4 Å². The second-order valence-electron chi connectivity index (χ2n) is 5.74. The predicted octanol–water partition coefficient (Wildman–Crippen LogP) is 0.866. The first kappa shape index (κ1) is 14.3. The lowest BCUT2D eigenvalue weighted by atomic mass is 10.0. The van der Waals surface area contributed by atoms with Gasteiger partial charge in [-0.1, -0.05) is 27.7 Å². The Kier molecular flexibility index (Phi) is 4.38. The summed E-state index contributed by atoms with van der Waals surface area (Å²) < 4.78 is 4.98. The third kappa shape index (κ3) is 2.90. The zero-order valence-corrected chi connectivity index (χ0v) is 11.6. The summed E-state index contributed by atoms with van der Waals surface area (Å²) in [5.74, 6) is 6.14. The molecule has 0 saturated heterocycles. The molecule has 1 aliphatic rings. The third-order valence-electron chi connectivity index (χ3n) is 4.21. The highest BCUT2D eigenvalue weighted by Crippen LogP contribution is 2.62. The first-order chi connectivity index (χ1) is 7.87. The van der Waals surface area contributed by atoms with Crippen molar-refractivity contribution < 1.29 is 4.74 Å². The van der Waals surface area contributed by atoms with Crippen molar-refractivity contribution in [3.8, 4) is 0 Å². The van der Waals surface area contributed by atoms with Crippen LogP contribution < -0.4 is 16.6 Å². The van der Waals surface area contributed by atoms with Crippen molar-refractivity contribution in [3.05, 3.63) is 0 Å². The molecule has 1 aliphatic carbocycles. The zero-order valence-electron chi connectivity index (χ0n) is 11.6. The summed E-state index contributed by atoms with van der Waals surface area (Å²) in [5.41, 5.74) is 3.17. The minimum Gasteiger partial charge on any atom is -0.385 e. The Morgan fingerprint density at radius 2 is 1.88 bits per heavy atom. The summed E-state index contributed by atoms with van der Waals surface area (Å²) in [6.45, 7) is 10.5. The quantitative estimate of drug-likeness (QED) is 0.220. The Balaban J connectivity index is 2.44. The van der Waals surface area contributed by atoms with Crippen molar-refractivity contribution in [1.82, 2.24) is 10.7 Å². The van der Waals surface area contributed by atoms with Crippen LogP contribution in [0.1, 0.15) is 34.1 Å². The van der Waals surface area contributed by atoms with Crippen LogP contribution in [0.5, 0.6) is 0 Å². The molecular formula is C12H26N4O. The fraction of sp³-hybridized carbons (Fsp3) is 0.917. The van der Waals surface area contributed by atoms with E-state index in [-0.39, 0.29) is 10.8 Å². The monoisotopic (exact) mass is 242 g/mol. The van der Waals surface area contributed by atoms with Gasteiger partial charge in [-0.2, -0.15) is 0 Å². The van der Waals surface area contributed by atoms with Crippen LogP contribution in [0.2, 0.25) is 0 Å². The van der Waals surface area contributed by atoms with Gasteiger partial charge in [-0.15, -0.1) is 0 Å². The van der Waals surface area contributed by atoms with Gasteiger partial charge in [0.05, 0.1) is 0 Å². The minimum atomic E-state index is 0.275. The second-order valence-corrected chi connectivity index (χ2v) is 5.74. The molecule has 0 unspecified atom stereocenters. The van der Waals surface area contributed by atoms with Crippen LogP contribution in [0.15, 0.2) is 4.99 Å². The lowest BCUT2D eigenvalue weighted by Crippen LogP contribution is -2.44. The molecule has 0 atom stereocenters. The van der Waals surface area contributed by atoms with Gasteiger partial charge < -0.3 is 10.1 Å². The topological polar surface area (TPSA) is 71.7 Å². The summed E-state index contributed by atoms with van der Waals surface area (Å²) in [6.07, 6.45) is 0.904. The molecule has 100 valence electrons. The number of hydrogen-bond donors (Lipinski definition) is 3. The number of nitrogens with two attached hydrogens (primary N) is 1. The normalized spacial score (nSPS) is 22.4. The molecule has 0 aliphatic heterocycles. The van der Waals surface area contributed by atoms with Crippen molar-refractivity contribution in [3.63, 3.8) is 0 Å². The molecule has 0 amide bonds. The highest BCUT2D eigenvalue weighted by atomic mass is 16.5. The van der Waals surface area contributed by atoms with E-state index >= 15 is 0 Å². The van der Waals surface area contributed by atoms with E-state index in [0.717, 1.165) is 13.0 Å². The van der Waals surface area contributed by atoms with Crippen LogP contribution >= 0.6 is 0 Å². The molecule has 5 heteroatoms. The van der Waals surface area contributed by atoms with Crippen LogP contribution in [0.4, 0.5) is 0 Å². The second kappa shape index (κ2) is 5.23. The Hall–Kier alpha value is -0.810. The van der Waals surface area contributed by atoms with Crippen molar-refractivity contribution in [2.45, 2.75) is 40.2 Å². The van der Waals surface area contributed by atoms with Gasteiger partial charge in [0.15, 0.2) is 0 Å². The van der Waals surface area contributed by atoms with E-state index in [4.69, 9.17) is 10.6 Å². The number of methoxy groups -OCH3 is 1. The number of rotatable bonds is 5. The molecule has 0 bridgehead atoms. The fourth-order valence-corrected chi connectivity index (χ4v) is 2.23. The van der Waals surface area contributed by atoms with Crippen molar-refractivity contribution >= 4 is 5.96 Å². The highest BCUT2D eigenvalue weighted by Gasteiger charge is 2.65. The summed E-state index contributed by atoms with van der Waals surface area (Å²) in [7, 11) is 1.69. The molecule has 4 N–H and O–H groups in total. The maximum absolute atomic E-state index is 5.47. The van der Waals surface area contributed by atoms with Gasteiger partial charge in [0, 0.05) is 26.3 Å². The van der Waals surface area contributed by atoms with E-state index in [9.17, 15) is 0 Å². The van der Waals surface area contributed by atoms with Crippen LogP contribution in [-0.2, 0) is 4.74 Å². The largest absolute Gasteiger partial charge is 0.385 e. The molecule has 1 saturated carbocycles. The molecule has 1 rings (SSSR count). The van der Waals surface area contributed by atoms with E-state index in [1.54, 1.807) is 7.11 Å². The standard InChI is InChI=1S/C12H26N4O/c1-11(2)9(12(11,3)4)15-10(16-13)14-7-6-8-17-5/h9H,6-8,13H2,1-5H3,(H2,14,15,16). The average molecular weight is 242 g/mol. The summed E-state index contributed by atoms with van der Waals surface area (Å²) in [6, 6.07) is 0.409. The molecule has 5 nitrogen and oxygen atoms in total. The molecule has 0 spiro atoms. The molecule has 0 aromatic carbocycles. The third-order valence-corrected chi connectivity index (χ3v) is 4.21. The number of nitrogens with one attached hydrogen (secondary N) is 2. The number of guanidine groups is 1. The van der Waals surface area contributed by atoms with E-state index in [1.807, 2.05) is 0 Å². The highest BCUT2D eigenvalue weighted by molar-refractivity contribution is 5.80. The van der Waals surface area contributed by atoms with Crippen molar-refractivity contribution in [1.29, 1.82) is 0 Å². The van der Waals surface area contributed by atoms with Gasteiger partial charge in [0.2, 0.25) is 5.96 Å². The number of nitrogens with zero attached hydrogens (tertiary/aromatic N) is 1. The van der Waals surface area contributed by atoms with E-state index in [1.165, 1.54) is 0 Å². The molecule has 0 aromatic heterocycles. The minimum absolute atomic E-state index is 0.275. The Bertz CT molecular complexity index is 272. The number of ether oxygens (including phenoxy) is 1. The maximum atomic E-state index is 5.47.